The van der Waals surface area contributed by atoms with Crippen molar-refractivity contribution in [3.05, 3.63) is 22.8 Å². The van der Waals surface area contributed by atoms with Crippen molar-refractivity contribution in [1.29, 1.82) is 0 Å². The molecular weight excluding hydrogens is 288 g/mol. The van der Waals surface area contributed by atoms with Crippen molar-refractivity contribution in [3.63, 3.8) is 0 Å². The lowest BCUT2D eigenvalue weighted by molar-refractivity contribution is 0.0659. The highest BCUT2D eigenvalue weighted by Gasteiger charge is 2.26. The van der Waals surface area contributed by atoms with E-state index < -0.39 is 0 Å². The van der Waals surface area contributed by atoms with E-state index in [-0.39, 0.29) is 11.9 Å². The molecule has 1 amide bonds. The molecule has 116 valence electrons. The Labute approximate surface area is 131 Å². The number of halogens is 1. The fourth-order valence-corrected chi connectivity index (χ4v) is 2.80. The van der Waals surface area contributed by atoms with Crippen LogP contribution in [0.4, 0.5) is 5.82 Å². The molecule has 21 heavy (non-hydrogen) atoms. The van der Waals surface area contributed by atoms with Gasteiger partial charge in [-0.05, 0) is 46.0 Å². The van der Waals surface area contributed by atoms with E-state index in [1.165, 1.54) is 6.20 Å². The molecule has 0 atom stereocenters. The minimum absolute atomic E-state index is 0.0314. The Balaban J connectivity index is 2.13. The Kier molecular flexibility index (Phi) is 5.42. The molecule has 0 saturated carbocycles. The van der Waals surface area contributed by atoms with Crippen LogP contribution in [-0.2, 0) is 0 Å². The highest BCUT2D eigenvalue weighted by atomic mass is 35.5. The summed E-state index contributed by atoms with van der Waals surface area (Å²) in [4.78, 5) is 21.0. The molecule has 2 heterocycles. The third kappa shape index (κ3) is 3.86. The molecule has 0 radical (unpaired) electrons. The second-order valence-corrected chi connectivity index (χ2v) is 5.94. The first kappa shape index (κ1) is 16.0. The van der Waals surface area contributed by atoms with E-state index >= 15 is 0 Å². The number of aromatic nitrogens is 1. The van der Waals surface area contributed by atoms with Crippen LogP contribution in [0.2, 0.25) is 5.02 Å². The molecule has 1 saturated heterocycles. The maximum absolute atomic E-state index is 12.7. The van der Waals surface area contributed by atoms with Gasteiger partial charge in [-0.15, -0.1) is 0 Å². The van der Waals surface area contributed by atoms with Gasteiger partial charge in [0.15, 0.2) is 0 Å². The number of nitrogens with zero attached hydrogens (tertiary/aromatic N) is 3. The maximum atomic E-state index is 12.7. The van der Waals surface area contributed by atoms with Crippen LogP contribution >= 0.6 is 11.6 Å². The summed E-state index contributed by atoms with van der Waals surface area (Å²) in [5.74, 6) is 0.651. The number of anilines is 1. The van der Waals surface area contributed by atoms with Crippen molar-refractivity contribution >= 4 is 23.3 Å². The SMILES string of the molecule is CCNc1cc(C(=O)N(C)C2CCN(C)CC2)c(Cl)cn1. The first-order valence-electron chi connectivity index (χ1n) is 7.38. The lowest BCUT2D eigenvalue weighted by atomic mass is 10.0. The molecule has 1 aromatic heterocycles. The highest BCUT2D eigenvalue weighted by molar-refractivity contribution is 6.33. The number of carbonyl (C=O) groups excluding carboxylic acids is 1. The zero-order valence-corrected chi connectivity index (χ0v) is 13.7. The molecule has 0 spiro atoms. The van der Waals surface area contributed by atoms with E-state index in [1.807, 2.05) is 18.9 Å². The van der Waals surface area contributed by atoms with Crippen molar-refractivity contribution in [1.82, 2.24) is 14.8 Å². The normalized spacial score (nSPS) is 16.8. The molecule has 0 bridgehead atoms. The van der Waals surface area contributed by atoms with Crippen LogP contribution in [0.1, 0.15) is 30.1 Å². The summed E-state index contributed by atoms with van der Waals surface area (Å²) in [6.07, 6.45) is 3.54. The zero-order chi connectivity index (χ0) is 15.4. The Morgan fingerprint density at radius 3 is 2.81 bits per heavy atom. The number of hydrogen-bond donors (Lipinski definition) is 1. The van der Waals surface area contributed by atoms with Crippen LogP contribution in [0, 0.1) is 0 Å². The third-order valence-corrected chi connectivity index (χ3v) is 4.30. The first-order chi connectivity index (χ1) is 10.0. The number of likely N-dealkylation sites (tertiary alicyclic amines) is 1. The Morgan fingerprint density at radius 1 is 1.52 bits per heavy atom. The van der Waals surface area contributed by atoms with E-state index in [0.29, 0.717) is 16.4 Å². The minimum atomic E-state index is -0.0314. The van der Waals surface area contributed by atoms with Gasteiger partial charge in [0.25, 0.3) is 5.91 Å². The molecule has 0 aliphatic carbocycles. The molecule has 1 aliphatic rings. The number of amides is 1. The summed E-state index contributed by atoms with van der Waals surface area (Å²) in [5, 5.41) is 3.51. The van der Waals surface area contributed by atoms with Gasteiger partial charge in [-0.3, -0.25) is 4.79 Å². The molecule has 0 aromatic carbocycles. The van der Waals surface area contributed by atoms with Gasteiger partial charge in [-0.1, -0.05) is 11.6 Å². The topological polar surface area (TPSA) is 48.5 Å². The van der Waals surface area contributed by atoms with Gasteiger partial charge in [-0.25, -0.2) is 4.98 Å². The van der Waals surface area contributed by atoms with Gasteiger partial charge in [0, 0.05) is 25.8 Å². The molecule has 1 aliphatic heterocycles. The molecule has 2 rings (SSSR count). The predicted molar refractivity (Wildman–Crippen MR) is 86.0 cm³/mol. The maximum Gasteiger partial charge on any atom is 0.255 e. The summed E-state index contributed by atoms with van der Waals surface area (Å²) >= 11 is 6.15. The van der Waals surface area contributed by atoms with E-state index in [2.05, 4.69) is 22.2 Å². The van der Waals surface area contributed by atoms with Crippen molar-refractivity contribution in [3.8, 4) is 0 Å². The van der Waals surface area contributed by atoms with Crippen LogP contribution in [0.15, 0.2) is 12.3 Å². The van der Waals surface area contributed by atoms with Crippen molar-refractivity contribution < 1.29 is 4.79 Å². The van der Waals surface area contributed by atoms with Crippen LogP contribution in [0.3, 0.4) is 0 Å². The molecule has 1 aromatic rings. The smallest absolute Gasteiger partial charge is 0.255 e. The summed E-state index contributed by atoms with van der Waals surface area (Å²) in [6, 6.07) is 2.01. The first-order valence-corrected chi connectivity index (χ1v) is 7.75. The van der Waals surface area contributed by atoms with Crippen molar-refractivity contribution in [2.75, 3.05) is 39.0 Å². The summed E-state index contributed by atoms with van der Waals surface area (Å²) in [7, 11) is 3.97. The number of piperidine rings is 1. The highest BCUT2D eigenvalue weighted by Crippen LogP contribution is 2.22. The molecule has 1 N–H and O–H groups in total. The summed E-state index contributed by atoms with van der Waals surface area (Å²) in [6.45, 7) is 4.79. The molecule has 0 unspecified atom stereocenters. The number of carbonyl (C=O) groups is 1. The standard InChI is InChI=1S/C15H23ClN4O/c1-4-17-14-9-12(13(16)10-18-14)15(21)20(3)11-5-7-19(2)8-6-11/h9-11H,4-8H2,1-3H3,(H,17,18). The van der Waals surface area contributed by atoms with Crippen LogP contribution in [0.25, 0.3) is 0 Å². The van der Waals surface area contributed by atoms with Gasteiger partial charge < -0.3 is 15.1 Å². The fourth-order valence-electron chi connectivity index (χ4n) is 2.62. The average Bonchev–Trinajstić information content (AvgIpc) is 2.49. The van der Waals surface area contributed by atoms with Crippen molar-refractivity contribution in [2.24, 2.45) is 0 Å². The fraction of sp³-hybridized carbons (Fsp3) is 0.600. The monoisotopic (exact) mass is 310 g/mol. The van der Waals surface area contributed by atoms with Gasteiger partial charge in [0.05, 0.1) is 10.6 Å². The van der Waals surface area contributed by atoms with E-state index in [9.17, 15) is 4.79 Å². The van der Waals surface area contributed by atoms with Crippen molar-refractivity contribution in [2.45, 2.75) is 25.8 Å². The van der Waals surface area contributed by atoms with Crippen LogP contribution < -0.4 is 5.32 Å². The second-order valence-electron chi connectivity index (χ2n) is 5.53. The Morgan fingerprint density at radius 2 is 2.19 bits per heavy atom. The number of pyridine rings is 1. The Hall–Kier alpha value is -1.33. The van der Waals surface area contributed by atoms with Gasteiger partial charge in [0.2, 0.25) is 0 Å². The third-order valence-electron chi connectivity index (χ3n) is 4.00. The molecule has 5 nitrogen and oxygen atoms in total. The molecule has 1 fully saturated rings. The van der Waals surface area contributed by atoms with Crippen LogP contribution in [0.5, 0.6) is 0 Å². The zero-order valence-electron chi connectivity index (χ0n) is 12.9. The number of hydrogen-bond acceptors (Lipinski definition) is 4. The Bertz CT molecular complexity index is 500. The average molecular weight is 311 g/mol. The molecular formula is C15H23ClN4O. The minimum Gasteiger partial charge on any atom is -0.370 e. The van der Waals surface area contributed by atoms with Gasteiger partial charge in [0.1, 0.15) is 5.82 Å². The quantitative estimate of drug-likeness (QED) is 0.927. The summed E-state index contributed by atoms with van der Waals surface area (Å²) < 4.78 is 0. The molecule has 6 heteroatoms. The van der Waals surface area contributed by atoms with Gasteiger partial charge >= 0.3 is 0 Å². The van der Waals surface area contributed by atoms with E-state index in [1.54, 1.807) is 6.07 Å². The lowest BCUT2D eigenvalue weighted by Gasteiger charge is -2.35. The largest absolute Gasteiger partial charge is 0.370 e. The van der Waals surface area contributed by atoms with Gasteiger partial charge in [-0.2, -0.15) is 0 Å². The second kappa shape index (κ2) is 7.09. The van der Waals surface area contributed by atoms with Crippen LogP contribution in [-0.4, -0.2) is 60.5 Å². The summed E-state index contributed by atoms with van der Waals surface area (Å²) in [5.41, 5.74) is 0.518. The van der Waals surface area contributed by atoms with E-state index in [4.69, 9.17) is 11.6 Å². The number of rotatable bonds is 4. The predicted octanol–water partition coefficient (Wildman–Crippen LogP) is 2.33. The lowest BCUT2D eigenvalue weighted by Crippen LogP contribution is -2.44. The number of nitrogens with one attached hydrogen (secondary N) is 1. The van der Waals surface area contributed by atoms with E-state index in [0.717, 1.165) is 32.5 Å².